The molecule has 0 atom stereocenters. The molecule has 0 amide bonds. The van der Waals surface area contributed by atoms with Crippen molar-refractivity contribution < 1.29 is 9.66 Å². The van der Waals surface area contributed by atoms with Gasteiger partial charge in [0.05, 0.1) is 16.7 Å². The van der Waals surface area contributed by atoms with Crippen LogP contribution >= 0.6 is 0 Å². The number of hydrogen-bond donors (Lipinski definition) is 1. The van der Waals surface area contributed by atoms with Crippen molar-refractivity contribution in [3.63, 3.8) is 0 Å². The van der Waals surface area contributed by atoms with E-state index in [1.807, 2.05) is 37.3 Å². The van der Waals surface area contributed by atoms with Crippen LogP contribution in [0.15, 0.2) is 54.7 Å². The van der Waals surface area contributed by atoms with E-state index in [0.717, 1.165) is 16.8 Å². The third-order valence-electron chi connectivity index (χ3n) is 3.26. The summed E-state index contributed by atoms with van der Waals surface area (Å²) in [4.78, 5) is 10.4. The van der Waals surface area contributed by atoms with Gasteiger partial charge in [0, 0.05) is 17.8 Å². The van der Waals surface area contributed by atoms with E-state index in [1.54, 1.807) is 12.3 Å². The normalized spacial score (nSPS) is 10.4. The van der Waals surface area contributed by atoms with Gasteiger partial charge in [0.15, 0.2) is 0 Å². The summed E-state index contributed by atoms with van der Waals surface area (Å²) < 4.78 is 5.74. The Labute approximate surface area is 126 Å². The van der Waals surface area contributed by atoms with Gasteiger partial charge >= 0.3 is 0 Å². The largest absolute Gasteiger partial charge is 0.457 e. The monoisotopic (exact) mass is 295 g/mol. The number of aromatic nitrogens is 2. The predicted octanol–water partition coefficient (Wildman–Crippen LogP) is 4.09. The van der Waals surface area contributed by atoms with Crippen LogP contribution in [0.5, 0.6) is 11.5 Å². The first-order valence-electron chi connectivity index (χ1n) is 6.66. The van der Waals surface area contributed by atoms with Crippen LogP contribution in [0.3, 0.4) is 0 Å². The number of nitrogens with zero attached hydrogens (tertiary/aromatic N) is 2. The summed E-state index contributed by atoms with van der Waals surface area (Å²) in [7, 11) is 0. The zero-order valence-corrected chi connectivity index (χ0v) is 11.8. The second-order valence-corrected chi connectivity index (χ2v) is 4.79. The van der Waals surface area contributed by atoms with Crippen molar-refractivity contribution in [2.24, 2.45) is 0 Å². The molecule has 2 aromatic carbocycles. The Morgan fingerprint density at radius 3 is 2.55 bits per heavy atom. The number of aromatic amines is 1. The predicted molar refractivity (Wildman–Crippen MR) is 81.9 cm³/mol. The van der Waals surface area contributed by atoms with Crippen LogP contribution in [0.2, 0.25) is 0 Å². The van der Waals surface area contributed by atoms with Crippen molar-refractivity contribution in [1.82, 2.24) is 10.2 Å². The van der Waals surface area contributed by atoms with Gasteiger partial charge in [-0.05, 0) is 48.9 Å². The maximum atomic E-state index is 10.8. The molecule has 0 saturated heterocycles. The van der Waals surface area contributed by atoms with Gasteiger partial charge in [-0.2, -0.15) is 5.10 Å². The molecule has 0 aliphatic carbocycles. The molecule has 110 valence electrons. The van der Waals surface area contributed by atoms with E-state index >= 15 is 0 Å². The van der Waals surface area contributed by atoms with Gasteiger partial charge in [-0.25, -0.2) is 0 Å². The van der Waals surface area contributed by atoms with E-state index in [4.69, 9.17) is 4.74 Å². The van der Waals surface area contributed by atoms with E-state index in [1.165, 1.54) is 12.1 Å². The Morgan fingerprint density at radius 1 is 1.14 bits per heavy atom. The van der Waals surface area contributed by atoms with E-state index < -0.39 is 4.92 Å². The van der Waals surface area contributed by atoms with Crippen LogP contribution in [-0.2, 0) is 0 Å². The highest BCUT2D eigenvalue weighted by atomic mass is 16.6. The molecule has 22 heavy (non-hydrogen) atoms. The van der Waals surface area contributed by atoms with Crippen molar-refractivity contribution in [2.75, 3.05) is 0 Å². The molecule has 0 radical (unpaired) electrons. The molecule has 1 aromatic heterocycles. The van der Waals surface area contributed by atoms with Crippen LogP contribution in [0.4, 0.5) is 5.69 Å². The van der Waals surface area contributed by atoms with Crippen LogP contribution < -0.4 is 4.74 Å². The Bertz CT molecular complexity index is 796. The van der Waals surface area contributed by atoms with Gasteiger partial charge in [-0.15, -0.1) is 0 Å². The summed E-state index contributed by atoms with van der Waals surface area (Å²) in [5.41, 5.74) is 2.65. The lowest BCUT2D eigenvalue weighted by atomic mass is 10.1. The number of aryl methyl sites for hydroxylation is 1. The molecule has 3 aromatic rings. The summed E-state index contributed by atoms with van der Waals surface area (Å²) in [6, 6.07) is 13.8. The van der Waals surface area contributed by atoms with Gasteiger partial charge in [0.2, 0.25) is 0 Å². The van der Waals surface area contributed by atoms with Crippen molar-refractivity contribution in [3.05, 3.63) is 70.4 Å². The first-order chi connectivity index (χ1) is 10.6. The summed E-state index contributed by atoms with van der Waals surface area (Å²) in [5.74, 6) is 1.09. The highest BCUT2D eigenvalue weighted by molar-refractivity contribution is 5.59. The fraction of sp³-hybridized carbons (Fsp3) is 0.0625. The van der Waals surface area contributed by atoms with Crippen molar-refractivity contribution in [1.29, 1.82) is 0 Å². The molecule has 0 aliphatic heterocycles. The Kier molecular flexibility index (Phi) is 3.57. The molecular weight excluding hydrogens is 282 g/mol. The van der Waals surface area contributed by atoms with Crippen LogP contribution in [0, 0.1) is 17.0 Å². The summed E-state index contributed by atoms with van der Waals surface area (Å²) in [6.45, 7) is 1.84. The Morgan fingerprint density at radius 2 is 1.91 bits per heavy atom. The minimum atomic E-state index is -0.438. The number of nitrogens with one attached hydrogen (secondary N) is 1. The molecule has 1 heterocycles. The van der Waals surface area contributed by atoms with Gasteiger partial charge < -0.3 is 4.74 Å². The fourth-order valence-corrected chi connectivity index (χ4v) is 2.05. The smallest absolute Gasteiger partial charge is 0.273 e. The average Bonchev–Trinajstić information content (AvgIpc) is 3.04. The van der Waals surface area contributed by atoms with Crippen molar-refractivity contribution in [2.45, 2.75) is 6.92 Å². The second-order valence-electron chi connectivity index (χ2n) is 4.79. The molecule has 1 N–H and O–H groups in total. The fourth-order valence-electron chi connectivity index (χ4n) is 2.05. The van der Waals surface area contributed by atoms with E-state index in [9.17, 15) is 10.1 Å². The van der Waals surface area contributed by atoms with Gasteiger partial charge in [0.1, 0.15) is 11.5 Å². The number of nitro benzene ring substituents is 1. The minimum Gasteiger partial charge on any atom is -0.457 e. The van der Waals surface area contributed by atoms with Crippen molar-refractivity contribution in [3.8, 4) is 22.8 Å². The van der Waals surface area contributed by atoms with Crippen molar-refractivity contribution >= 4 is 5.69 Å². The average molecular weight is 295 g/mol. The number of H-pyrrole nitrogens is 1. The number of rotatable bonds is 4. The first kappa shape index (κ1) is 13.8. The zero-order chi connectivity index (χ0) is 15.5. The minimum absolute atomic E-state index is 0.00810. The summed E-state index contributed by atoms with van der Waals surface area (Å²) >= 11 is 0. The number of non-ortho nitro benzene ring substituents is 1. The second kappa shape index (κ2) is 5.69. The zero-order valence-electron chi connectivity index (χ0n) is 11.8. The molecule has 0 aliphatic rings. The first-order valence-corrected chi connectivity index (χ1v) is 6.66. The molecule has 6 heteroatoms. The number of benzene rings is 2. The summed E-state index contributed by atoms with van der Waals surface area (Å²) in [5, 5.41) is 17.7. The summed E-state index contributed by atoms with van der Waals surface area (Å²) in [6.07, 6.45) is 1.76. The standard InChI is InChI=1S/C16H13N3O3/c1-11-2-5-13(19(20)21)10-16(11)22-14-6-3-12(4-7-14)15-8-9-17-18-15/h2-10H,1H3,(H,17,18). The lowest BCUT2D eigenvalue weighted by molar-refractivity contribution is -0.384. The van der Waals surface area contributed by atoms with E-state index in [-0.39, 0.29) is 5.69 Å². The molecule has 6 nitrogen and oxygen atoms in total. The molecule has 0 unspecified atom stereocenters. The van der Waals surface area contributed by atoms with Gasteiger partial charge in [0.25, 0.3) is 5.69 Å². The van der Waals surface area contributed by atoms with Gasteiger partial charge in [-0.3, -0.25) is 15.2 Å². The molecule has 0 bridgehead atoms. The topological polar surface area (TPSA) is 81.0 Å². The maximum absolute atomic E-state index is 10.8. The SMILES string of the molecule is Cc1ccc([N+](=O)[O-])cc1Oc1ccc(-c2cc[nH]n2)cc1. The number of ether oxygens (including phenoxy) is 1. The molecule has 3 rings (SSSR count). The van der Waals surface area contributed by atoms with Gasteiger partial charge in [-0.1, -0.05) is 0 Å². The van der Waals surface area contributed by atoms with Crippen LogP contribution in [0.1, 0.15) is 5.56 Å². The lowest BCUT2D eigenvalue weighted by Gasteiger charge is -2.09. The molecule has 0 fully saturated rings. The Hall–Kier alpha value is -3.15. The third kappa shape index (κ3) is 2.80. The number of hydrogen-bond acceptors (Lipinski definition) is 4. The van der Waals surface area contributed by atoms with E-state index in [0.29, 0.717) is 11.5 Å². The highest BCUT2D eigenvalue weighted by Gasteiger charge is 2.10. The lowest BCUT2D eigenvalue weighted by Crippen LogP contribution is -1.92. The molecule has 0 spiro atoms. The maximum Gasteiger partial charge on any atom is 0.273 e. The van der Waals surface area contributed by atoms with Crippen LogP contribution in [-0.4, -0.2) is 15.1 Å². The Balaban J connectivity index is 1.84. The quantitative estimate of drug-likeness (QED) is 0.580. The van der Waals surface area contributed by atoms with E-state index in [2.05, 4.69) is 10.2 Å². The highest BCUT2D eigenvalue weighted by Crippen LogP contribution is 2.30. The number of nitro groups is 1. The molecule has 0 saturated carbocycles. The molecular formula is C16H13N3O3. The van der Waals surface area contributed by atoms with Crippen LogP contribution in [0.25, 0.3) is 11.3 Å². The third-order valence-corrected chi connectivity index (χ3v) is 3.26.